The number of carbonyl (C=O) groups excluding carboxylic acids is 1. The van der Waals surface area contributed by atoms with Gasteiger partial charge in [0.2, 0.25) is 0 Å². The third kappa shape index (κ3) is 4.04. The molecule has 1 fully saturated rings. The highest BCUT2D eigenvalue weighted by Gasteiger charge is 2.27. The number of carbonyl (C=O) groups is 1. The number of Topliss-reactive ketones (excluding diaryl/α,β-unsaturated/α-hetero) is 1. The molecule has 0 heterocycles. The molecule has 1 atom stereocenters. The van der Waals surface area contributed by atoms with Crippen LogP contribution in [0.3, 0.4) is 0 Å². The molecule has 0 N–H and O–H groups in total. The normalized spacial score (nSPS) is 21.3. The van der Waals surface area contributed by atoms with E-state index < -0.39 is 0 Å². The minimum atomic E-state index is 0.265. The van der Waals surface area contributed by atoms with Gasteiger partial charge in [0.25, 0.3) is 0 Å². The molecule has 1 aromatic carbocycles. The van der Waals surface area contributed by atoms with Crippen LogP contribution in [0.1, 0.15) is 50.2 Å². The van der Waals surface area contributed by atoms with E-state index in [1.807, 2.05) is 0 Å². The fraction of sp³-hybridized carbons (Fsp3) is 0.320. The topological polar surface area (TPSA) is 17.1 Å². The first-order valence-electron chi connectivity index (χ1n) is 9.48. The van der Waals surface area contributed by atoms with E-state index in [-0.39, 0.29) is 5.78 Å². The van der Waals surface area contributed by atoms with Crippen LogP contribution in [0.5, 0.6) is 0 Å². The molecule has 26 heavy (non-hydrogen) atoms. The van der Waals surface area contributed by atoms with Crippen LogP contribution in [-0.4, -0.2) is 5.78 Å². The summed E-state index contributed by atoms with van der Waals surface area (Å²) < 4.78 is 0. The molecular formula is C25H28O. The molecule has 2 aliphatic rings. The van der Waals surface area contributed by atoms with Gasteiger partial charge in [-0.3, -0.25) is 0 Å². The number of aryl methyl sites for hydroxylation is 1. The Labute approximate surface area is 157 Å². The van der Waals surface area contributed by atoms with Gasteiger partial charge < -0.3 is 4.79 Å². The van der Waals surface area contributed by atoms with Crippen molar-refractivity contribution in [3.05, 3.63) is 89.1 Å². The molecule has 0 bridgehead atoms. The Morgan fingerprint density at radius 1 is 1.19 bits per heavy atom. The smallest absolute Gasteiger partial charge is 0.129 e. The highest BCUT2D eigenvalue weighted by molar-refractivity contribution is 5.76. The molecular weight excluding hydrogens is 316 g/mol. The van der Waals surface area contributed by atoms with Crippen LogP contribution in [-0.2, 0) is 4.79 Å². The first kappa shape index (κ1) is 18.4. The second-order valence-corrected chi connectivity index (χ2v) is 7.60. The van der Waals surface area contributed by atoms with Crippen molar-refractivity contribution in [3.8, 4) is 0 Å². The summed E-state index contributed by atoms with van der Waals surface area (Å²) in [6.45, 7) is 12.4. The largest absolute Gasteiger partial charge is 0.300 e. The second-order valence-electron chi connectivity index (χ2n) is 7.60. The van der Waals surface area contributed by atoms with E-state index in [2.05, 4.69) is 62.6 Å². The lowest BCUT2D eigenvalue weighted by Crippen LogP contribution is -2.00. The molecule has 2 aliphatic carbocycles. The van der Waals surface area contributed by atoms with Crippen LogP contribution in [0.25, 0.3) is 5.57 Å². The monoisotopic (exact) mass is 344 g/mol. The summed E-state index contributed by atoms with van der Waals surface area (Å²) in [5, 5.41) is 0. The van der Waals surface area contributed by atoms with Crippen molar-refractivity contribution in [1.82, 2.24) is 0 Å². The van der Waals surface area contributed by atoms with Crippen molar-refractivity contribution in [3.63, 3.8) is 0 Å². The number of ketones is 1. The minimum absolute atomic E-state index is 0.265. The van der Waals surface area contributed by atoms with Crippen molar-refractivity contribution >= 4 is 11.4 Å². The molecule has 134 valence electrons. The van der Waals surface area contributed by atoms with Crippen molar-refractivity contribution in [2.24, 2.45) is 5.92 Å². The van der Waals surface area contributed by atoms with Crippen LogP contribution in [0.15, 0.2) is 77.9 Å². The highest BCUT2D eigenvalue weighted by Crippen LogP contribution is 2.42. The van der Waals surface area contributed by atoms with E-state index in [0.717, 1.165) is 25.7 Å². The van der Waals surface area contributed by atoms with E-state index in [1.54, 1.807) is 6.92 Å². The van der Waals surface area contributed by atoms with Crippen LogP contribution >= 0.6 is 0 Å². The molecule has 1 aromatic rings. The van der Waals surface area contributed by atoms with Crippen molar-refractivity contribution in [1.29, 1.82) is 0 Å². The van der Waals surface area contributed by atoms with Gasteiger partial charge in [0.05, 0.1) is 0 Å². The third-order valence-electron chi connectivity index (χ3n) is 5.51. The number of rotatable bonds is 6. The van der Waals surface area contributed by atoms with Crippen molar-refractivity contribution in [2.75, 3.05) is 0 Å². The lowest BCUT2D eigenvalue weighted by atomic mass is 9.93. The van der Waals surface area contributed by atoms with Gasteiger partial charge in [-0.25, -0.2) is 0 Å². The summed E-state index contributed by atoms with van der Waals surface area (Å²) in [6.07, 6.45) is 11.2. The number of benzene rings is 1. The molecule has 0 radical (unpaired) electrons. The summed E-state index contributed by atoms with van der Waals surface area (Å²) in [4.78, 5) is 11.2. The SMILES string of the molecule is C=C1C/C(=C\C2=CC=C(c3ccccc3C)C2)C(=C)C1CCCC(C)=O. The zero-order valence-corrected chi connectivity index (χ0v) is 16.0. The maximum atomic E-state index is 11.2. The zero-order valence-electron chi connectivity index (χ0n) is 16.0. The summed E-state index contributed by atoms with van der Waals surface area (Å²) in [5.74, 6) is 0.604. The Morgan fingerprint density at radius 2 is 1.96 bits per heavy atom. The molecule has 0 aliphatic heterocycles. The van der Waals surface area contributed by atoms with E-state index in [4.69, 9.17) is 0 Å². The lowest BCUT2D eigenvalue weighted by molar-refractivity contribution is -0.117. The number of hydrogen-bond acceptors (Lipinski definition) is 1. The average Bonchev–Trinajstić information content (AvgIpc) is 3.15. The molecule has 1 saturated carbocycles. The Hall–Kier alpha value is -2.41. The van der Waals surface area contributed by atoms with Crippen molar-refractivity contribution < 1.29 is 4.79 Å². The van der Waals surface area contributed by atoms with Gasteiger partial charge in [-0.05, 0) is 73.0 Å². The van der Waals surface area contributed by atoms with Crippen LogP contribution in [0, 0.1) is 12.8 Å². The van der Waals surface area contributed by atoms with Gasteiger partial charge in [0, 0.05) is 12.3 Å². The standard InChI is InChI=1S/C25H28O/c1-17-8-5-6-10-25(17)22-13-12-21(15-22)16-23-14-18(2)24(20(23)4)11-7-9-19(3)26/h5-6,8,10,12-13,16,24H,2,4,7,9,11,14-15H2,1,3H3/b23-16+. The first-order chi connectivity index (χ1) is 12.5. The maximum absolute atomic E-state index is 11.2. The Kier molecular flexibility index (Phi) is 5.56. The van der Waals surface area contributed by atoms with Gasteiger partial charge in [0.1, 0.15) is 5.78 Å². The van der Waals surface area contributed by atoms with Crippen molar-refractivity contribution in [2.45, 2.75) is 46.0 Å². The lowest BCUT2D eigenvalue weighted by Gasteiger charge is -2.12. The predicted molar refractivity (Wildman–Crippen MR) is 111 cm³/mol. The summed E-state index contributed by atoms with van der Waals surface area (Å²) in [6, 6.07) is 8.56. The van der Waals surface area contributed by atoms with E-state index in [1.165, 1.54) is 39.0 Å². The van der Waals surface area contributed by atoms with Gasteiger partial charge in [-0.15, -0.1) is 0 Å². The van der Waals surface area contributed by atoms with Gasteiger partial charge >= 0.3 is 0 Å². The summed E-state index contributed by atoms with van der Waals surface area (Å²) in [7, 11) is 0. The molecule has 3 rings (SSSR count). The average molecular weight is 344 g/mol. The van der Waals surface area contributed by atoms with Gasteiger partial charge in [0.15, 0.2) is 0 Å². The number of hydrogen-bond donors (Lipinski definition) is 0. The predicted octanol–water partition coefficient (Wildman–Crippen LogP) is 6.53. The molecule has 0 aromatic heterocycles. The minimum Gasteiger partial charge on any atom is -0.300 e. The van der Waals surface area contributed by atoms with Gasteiger partial charge in [-0.1, -0.05) is 61.2 Å². The Balaban J connectivity index is 1.65. The molecule has 0 spiro atoms. The van der Waals surface area contributed by atoms with Crippen LogP contribution in [0.4, 0.5) is 0 Å². The molecule has 1 unspecified atom stereocenters. The van der Waals surface area contributed by atoms with E-state index in [0.29, 0.717) is 12.3 Å². The third-order valence-corrected chi connectivity index (χ3v) is 5.51. The van der Waals surface area contributed by atoms with Crippen LogP contribution < -0.4 is 0 Å². The Bertz CT molecular complexity index is 845. The second kappa shape index (κ2) is 7.86. The zero-order chi connectivity index (χ0) is 18.7. The number of allylic oxidation sites excluding steroid dienone is 8. The molecule has 1 nitrogen and oxygen atoms in total. The fourth-order valence-electron chi connectivity index (χ4n) is 4.02. The molecule has 1 heteroatoms. The maximum Gasteiger partial charge on any atom is 0.129 e. The van der Waals surface area contributed by atoms with Crippen LogP contribution in [0.2, 0.25) is 0 Å². The first-order valence-corrected chi connectivity index (χ1v) is 9.48. The van der Waals surface area contributed by atoms with E-state index >= 15 is 0 Å². The summed E-state index contributed by atoms with van der Waals surface area (Å²) >= 11 is 0. The molecule has 0 saturated heterocycles. The van der Waals surface area contributed by atoms with Gasteiger partial charge in [-0.2, -0.15) is 0 Å². The fourth-order valence-corrected chi connectivity index (χ4v) is 4.02. The Morgan fingerprint density at radius 3 is 2.69 bits per heavy atom. The quantitative estimate of drug-likeness (QED) is 0.536. The van der Waals surface area contributed by atoms with E-state index in [9.17, 15) is 4.79 Å². The molecule has 0 amide bonds. The summed E-state index contributed by atoms with van der Waals surface area (Å²) in [5.41, 5.74) is 9.15. The highest BCUT2D eigenvalue weighted by atomic mass is 16.1.